The van der Waals surface area contributed by atoms with Crippen LogP contribution in [0.25, 0.3) is 0 Å². The zero-order chi connectivity index (χ0) is 12.6. The van der Waals surface area contributed by atoms with E-state index in [0.717, 1.165) is 12.8 Å². The maximum Gasteiger partial charge on any atom is 0.194 e. The second kappa shape index (κ2) is 4.28. The number of carbonyl (C=O) groups is 1. The van der Waals surface area contributed by atoms with Gasteiger partial charge in [0.15, 0.2) is 17.3 Å². The molecule has 1 aromatic rings. The molecule has 96 valence electrons. The molecule has 0 aromatic heterocycles. The Balaban J connectivity index is 1.90. The van der Waals surface area contributed by atoms with E-state index >= 15 is 0 Å². The van der Waals surface area contributed by atoms with Crippen molar-refractivity contribution in [1.82, 2.24) is 0 Å². The first-order valence-corrected chi connectivity index (χ1v) is 6.27. The van der Waals surface area contributed by atoms with Gasteiger partial charge < -0.3 is 14.2 Å². The van der Waals surface area contributed by atoms with Crippen molar-refractivity contribution in [2.75, 3.05) is 19.8 Å². The fourth-order valence-corrected chi connectivity index (χ4v) is 2.45. The average molecular weight is 248 g/mol. The first kappa shape index (κ1) is 11.5. The molecule has 1 aromatic carbocycles. The van der Waals surface area contributed by atoms with Gasteiger partial charge in [-0.15, -0.1) is 0 Å². The molecule has 4 heteroatoms. The maximum absolute atomic E-state index is 12.4. The minimum absolute atomic E-state index is 0.0250. The van der Waals surface area contributed by atoms with Gasteiger partial charge in [0.2, 0.25) is 0 Å². The van der Waals surface area contributed by atoms with E-state index in [9.17, 15) is 4.79 Å². The molecule has 0 bridgehead atoms. The summed E-state index contributed by atoms with van der Waals surface area (Å²) in [6.45, 7) is 3.60. The molecule has 1 fully saturated rings. The highest BCUT2D eigenvalue weighted by atomic mass is 16.6. The summed E-state index contributed by atoms with van der Waals surface area (Å²) in [4.78, 5) is 12.4. The van der Waals surface area contributed by atoms with E-state index in [-0.39, 0.29) is 5.78 Å². The fraction of sp³-hybridized carbons (Fsp3) is 0.500. The number of hydrogen-bond donors (Lipinski definition) is 0. The minimum Gasteiger partial charge on any atom is -0.486 e. The zero-order valence-electron chi connectivity index (χ0n) is 10.4. The van der Waals surface area contributed by atoms with Crippen molar-refractivity contribution in [3.8, 4) is 11.5 Å². The van der Waals surface area contributed by atoms with Crippen molar-refractivity contribution in [3.05, 3.63) is 23.8 Å². The normalized spacial score (nSPS) is 26.1. The van der Waals surface area contributed by atoms with E-state index < -0.39 is 5.60 Å². The van der Waals surface area contributed by atoms with E-state index in [2.05, 4.69) is 0 Å². The summed E-state index contributed by atoms with van der Waals surface area (Å²) in [6, 6.07) is 5.33. The molecule has 1 atom stereocenters. The zero-order valence-corrected chi connectivity index (χ0v) is 10.4. The Labute approximate surface area is 106 Å². The molecule has 2 aliphatic heterocycles. The van der Waals surface area contributed by atoms with Crippen LogP contribution in [-0.2, 0) is 4.74 Å². The highest BCUT2D eigenvalue weighted by Crippen LogP contribution is 2.34. The van der Waals surface area contributed by atoms with Gasteiger partial charge in [-0.1, -0.05) is 0 Å². The summed E-state index contributed by atoms with van der Waals surface area (Å²) in [5, 5.41) is 0. The van der Waals surface area contributed by atoms with E-state index in [4.69, 9.17) is 14.2 Å². The van der Waals surface area contributed by atoms with Gasteiger partial charge in [0, 0.05) is 12.2 Å². The fourth-order valence-electron chi connectivity index (χ4n) is 2.45. The van der Waals surface area contributed by atoms with Crippen molar-refractivity contribution in [2.45, 2.75) is 25.4 Å². The van der Waals surface area contributed by atoms with Crippen molar-refractivity contribution in [2.24, 2.45) is 0 Å². The maximum atomic E-state index is 12.4. The van der Waals surface area contributed by atoms with Crippen molar-refractivity contribution in [3.63, 3.8) is 0 Å². The van der Waals surface area contributed by atoms with Gasteiger partial charge in [-0.2, -0.15) is 0 Å². The molecule has 18 heavy (non-hydrogen) atoms. The van der Waals surface area contributed by atoms with Gasteiger partial charge in [0.05, 0.1) is 0 Å². The summed E-state index contributed by atoms with van der Waals surface area (Å²) in [5.41, 5.74) is -0.0484. The third-order valence-corrected chi connectivity index (χ3v) is 3.50. The number of carbonyl (C=O) groups excluding carboxylic acids is 1. The Morgan fingerprint density at radius 1 is 1.17 bits per heavy atom. The van der Waals surface area contributed by atoms with Crippen LogP contribution in [0.15, 0.2) is 18.2 Å². The highest BCUT2D eigenvalue weighted by Gasteiger charge is 2.38. The van der Waals surface area contributed by atoms with Gasteiger partial charge >= 0.3 is 0 Å². The molecule has 0 spiro atoms. The largest absolute Gasteiger partial charge is 0.486 e. The quantitative estimate of drug-likeness (QED) is 0.753. The van der Waals surface area contributed by atoms with Crippen LogP contribution in [0, 0.1) is 0 Å². The van der Waals surface area contributed by atoms with Crippen LogP contribution < -0.4 is 9.47 Å². The third-order valence-electron chi connectivity index (χ3n) is 3.50. The number of ketones is 1. The topological polar surface area (TPSA) is 44.8 Å². The van der Waals surface area contributed by atoms with Gasteiger partial charge in [-0.05, 0) is 38.0 Å². The van der Waals surface area contributed by atoms with Crippen molar-refractivity contribution < 1.29 is 19.0 Å². The Kier molecular flexibility index (Phi) is 2.74. The molecule has 2 heterocycles. The number of Topliss-reactive ketones (excluding diaryl/α,β-unsaturated/α-hetero) is 1. The molecule has 0 radical (unpaired) electrons. The van der Waals surface area contributed by atoms with E-state index in [0.29, 0.717) is 36.9 Å². The Morgan fingerprint density at radius 2 is 1.94 bits per heavy atom. The molecule has 2 aliphatic rings. The van der Waals surface area contributed by atoms with Gasteiger partial charge in [0.25, 0.3) is 0 Å². The van der Waals surface area contributed by atoms with E-state index in [1.54, 1.807) is 18.2 Å². The monoisotopic (exact) mass is 248 g/mol. The van der Waals surface area contributed by atoms with Gasteiger partial charge in [0.1, 0.15) is 18.8 Å². The summed E-state index contributed by atoms with van der Waals surface area (Å²) < 4.78 is 16.5. The standard InChI is InChI=1S/C14H16O4/c1-14(5-2-6-18-14)13(15)10-3-4-11-12(9-10)17-8-7-16-11/h3-4,9H,2,5-8H2,1H3. The molecular formula is C14H16O4. The summed E-state index contributed by atoms with van der Waals surface area (Å²) in [7, 11) is 0. The van der Waals surface area contributed by atoms with Crippen LogP contribution in [-0.4, -0.2) is 31.2 Å². The molecule has 4 nitrogen and oxygen atoms in total. The van der Waals surface area contributed by atoms with Crippen LogP contribution >= 0.6 is 0 Å². The molecule has 1 saturated heterocycles. The molecule has 0 amide bonds. The summed E-state index contributed by atoms with van der Waals surface area (Å²) in [6.07, 6.45) is 1.72. The molecular weight excluding hydrogens is 232 g/mol. The predicted octanol–water partition coefficient (Wildman–Crippen LogP) is 2.21. The number of benzene rings is 1. The van der Waals surface area contributed by atoms with Crippen LogP contribution in [0.2, 0.25) is 0 Å². The van der Waals surface area contributed by atoms with Crippen molar-refractivity contribution in [1.29, 1.82) is 0 Å². The SMILES string of the molecule is CC1(C(=O)c2ccc3c(c2)OCCO3)CCCO1. The second-order valence-corrected chi connectivity index (χ2v) is 4.87. The number of rotatable bonds is 2. The van der Waals surface area contributed by atoms with E-state index in [1.165, 1.54) is 0 Å². The average Bonchev–Trinajstić information content (AvgIpc) is 2.85. The van der Waals surface area contributed by atoms with Crippen LogP contribution in [0.3, 0.4) is 0 Å². The number of fused-ring (bicyclic) bond motifs is 1. The third kappa shape index (κ3) is 1.86. The lowest BCUT2D eigenvalue weighted by atomic mass is 9.92. The van der Waals surface area contributed by atoms with Gasteiger partial charge in [-0.25, -0.2) is 0 Å². The Morgan fingerprint density at radius 3 is 2.67 bits per heavy atom. The summed E-state index contributed by atoms with van der Waals surface area (Å²) in [5.74, 6) is 1.38. The first-order valence-electron chi connectivity index (χ1n) is 6.27. The number of hydrogen-bond acceptors (Lipinski definition) is 4. The molecule has 1 unspecified atom stereocenters. The van der Waals surface area contributed by atoms with Crippen LogP contribution in [0.5, 0.6) is 11.5 Å². The van der Waals surface area contributed by atoms with Crippen LogP contribution in [0.4, 0.5) is 0 Å². The molecule has 0 saturated carbocycles. The first-order chi connectivity index (χ1) is 8.69. The summed E-state index contributed by atoms with van der Waals surface area (Å²) >= 11 is 0. The predicted molar refractivity (Wildman–Crippen MR) is 65.4 cm³/mol. The Hall–Kier alpha value is -1.55. The molecule has 0 aliphatic carbocycles. The lowest BCUT2D eigenvalue weighted by Crippen LogP contribution is -2.34. The lowest BCUT2D eigenvalue weighted by Gasteiger charge is -2.23. The van der Waals surface area contributed by atoms with Crippen molar-refractivity contribution >= 4 is 5.78 Å². The smallest absolute Gasteiger partial charge is 0.194 e. The second-order valence-electron chi connectivity index (χ2n) is 4.87. The molecule has 0 N–H and O–H groups in total. The minimum atomic E-state index is -0.677. The highest BCUT2D eigenvalue weighted by molar-refractivity contribution is 6.02. The molecule has 3 rings (SSSR count). The lowest BCUT2D eigenvalue weighted by molar-refractivity contribution is 0.0213. The van der Waals surface area contributed by atoms with Gasteiger partial charge in [-0.3, -0.25) is 4.79 Å². The number of ether oxygens (including phenoxy) is 3. The van der Waals surface area contributed by atoms with Crippen LogP contribution in [0.1, 0.15) is 30.1 Å². The van der Waals surface area contributed by atoms with E-state index in [1.807, 2.05) is 6.92 Å². The Bertz CT molecular complexity index is 475.